The molecule has 0 atom stereocenters. The van der Waals surface area contributed by atoms with Gasteiger partial charge in [0.05, 0.1) is 21.9 Å². The lowest BCUT2D eigenvalue weighted by atomic mass is 10.3. The first-order valence-corrected chi connectivity index (χ1v) is 5.28. The van der Waals surface area contributed by atoms with Gasteiger partial charge in [0.2, 0.25) is 0 Å². The maximum absolute atomic E-state index is 13.0. The third-order valence-corrected chi connectivity index (χ3v) is 2.51. The second-order valence-corrected chi connectivity index (χ2v) is 4.08. The average Bonchev–Trinajstić information content (AvgIpc) is 2.13. The Morgan fingerprint density at radius 2 is 2.27 bits per heavy atom. The lowest BCUT2D eigenvalue weighted by Crippen LogP contribution is -2.13. The quantitative estimate of drug-likeness (QED) is 0.510. The van der Waals surface area contributed by atoms with E-state index in [9.17, 15) is 4.39 Å². The molecule has 1 aromatic rings. The van der Waals surface area contributed by atoms with Crippen LogP contribution in [0.5, 0.6) is 5.75 Å². The molecule has 0 aromatic heterocycles. The molecule has 0 fully saturated rings. The smallest absolute Gasteiger partial charge is 0.145 e. The topological polar surface area (TPSA) is 59.1 Å². The standard InChI is InChI=1S/C9H9BrClFN2O/c10-5-3-6(11)7(12)4-8(5)15-2-1-9(13)14/h3-4H,1-2H2,(H3,13,14). The number of nitrogens with one attached hydrogen (secondary N) is 1. The van der Waals surface area contributed by atoms with Gasteiger partial charge in [0.1, 0.15) is 11.6 Å². The predicted molar refractivity (Wildman–Crippen MR) is 61.1 cm³/mol. The van der Waals surface area contributed by atoms with Gasteiger partial charge < -0.3 is 10.5 Å². The highest BCUT2D eigenvalue weighted by atomic mass is 79.9. The number of hydrogen-bond acceptors (Lipinski definition) is 2. The van der Waals surface area contributed by atoms with Gasteiger partial charge in [0.25, 0.3) is 0 Å². The fourth-order valence-electron chi connectivity index (χ4n) is 0.886. The highest BCUT2D eigenvalue weighted by Gasteiger charge is 2.07. The summed E-state index contributed by atoms with van der Waals surface area (Å²) >= 11 is 8.74. The van der Waals surface area contributed by atoms with Gasteiger partial charge in [-0.05, 0) is 22.0 Å². The van der Waals surface area contributed by atoms with Crippen LogP contribution in [0.15, 0.2) is 16.6 Å². The minimum absolute atomic E-state index is 0.0283. The summed E-state index contributed by atoms with van der Waals surface area (Å²) in [6.07, 6.45) is 0.302. The SMILES string of the molecule is N=C(N)CCOc1cc(F)c(Cl)cc1Br. The number of amidine groups is 1. The molecule has 0 saturated carbocycles. The molecule has 15 heavy (non-hydrogen) atoms. The number of benzene rings is 1. The van der Waals surface area contributed by atoms with Crippen molar-refractivity contribution in [2.75, 3.05) is 6.61 Å². The maximum atomic E-state index is 13.0. The monoisotopic (exact) mass is 294 g/mol. The molecule has 0 heterocycles. The Hall–Kier alpha value is -0.810. The van der Waals surface area contributed by atoms with Crippen LogP contribution in [0.1, 0.15) is 6.42 Å². The number of nitrogens with two attached hydrogens (primary N) is 1. The molecule has 0 radical (unpaired) electrons. The Labute approximate surface area is 100 Å². The summed E-state index contributed by atoms with van der Waals surface area (Å²) in [6, 6.07) is 2.60. The van der Waals surface area contributed by atoms with E-state index in [1.165, 1.54) is 12.1 Å². The van der Waals surface area contributed by atoms with E-state index in [1.54, 1.807) is 0 Å². The molecule has 0 bridgehead atoms. The third kappa shape index (κ3) is 3.68. The van der Waals surface area contributed by atoms with Crippen molar-refractivity contribution < 1.29 is 9.13 Å². The fourth-order valence-corrected chi connectivity index (χ4v) is 1.64. The first-order chi connectivity index (χ1) is 7.00. The van der Waals surface area contributed by atoms with Crippen LogP contribution in [0.3, 0.4) is 0 Å². The molecule has 0 aliphatic rings. The number of ether oxygens (including phenoxy) is 1. The van der Waals surface area contributed by atoms with Gasteiger partial charge in [-0.1, -0.05) is 11.6 Å². The van der Waals surface area contributed by atoms with Gasteiger partial charge in [0, 0.05) is 12.5 Å². The number of halogens is 3. The average molecular weight is 296 g/mol. The number of hydrogen-bond donors (Lipinski definition) is 2. The normalized spacial score (nSPS) is 10.1. The Kier molecular flexibility index (Phi) is 4.35. The van der Waals surface area contributed by atoms with Gasteiger partial charge in [0.15, 0.2) is 0 Å². The molecule has 0 saturated heterocycles. The molecule has 0 amide bonds. The van der Waals surface area contributed by atoms with Crippen LogP contribution in [-0.2, 0) is 0 Å². The molecule has 82 valence electrons. The molecule has 3 N–H and O–H groups in total. The molecular formula is C9H9BrClFN2O. The summed E-state index contributed by atoms with van der Waals surface area (Å²) in [6.45, 7) is 0.231. The van der Waals surface area contributed by atoms with Crippen LogP contribution in [0.2, 0.25) is 5.02 Å². The van der Waals surface area contributed by atoms with Crippen LogP contribution in [0, 0.1) is 11.2 Å². The molecule has 0 aliphatic heterocycles. The summed E-state index contributed by atoms with van der Waals surface area (Å²) in [5.74, 6) is -0.170. The zero-order chi connectivity index (χ0) is 11.4. The van der Waals surface area contributed by atoms with E-state index in [4.69, 9.17) is 27.5 Å². The summed E-state index contributed by atoms with van der Waals surface area (Å²) in [7, 11) is 0. The predicted octanol–water partition coefficient (Wildman–Crippen LogP) is 2.95. The fraction of sp³-hybridized carbons (Fsp3) is 0.222. The zero-order valence-electron chi connectivity index (χ0n) is 7.69. The first kappa shape index (κ1) is 12.3. The van der Waals surface area contributed by atoms with Gasteiger partial charge in [-0.3, -0.25) is 5.41 Å². The minimum Gasteiger partial charge on any atom is -0.492 e. The van der Waals surface area contributed by atoms with Crippen LogP contribution in [0.4, 0.5) is 4.39 Å². The summed E-state index contributed by atoms with van der Waals surface area (Å²) in [5, 5.41) is 7.01. The van der Waals surface area contributed by atoms with E-state index in [2.05, 4.69) is 15.9 Å². The molecule has 0 spiro atoms. The lowest BCUT2D eigenvalue weighted by molar-refractivity contribution is 0.325. The highest BCUT2D eigenvalue weighted by Crippen LogP contribution is 2.30. The van der Waals surface area contributed by atoms with Crippen LogP contribution < -0.4 is 10.5 Å². The van der Waals surface area contributed by atoms with Crippen molar-refractivity contribution in [2.45, 2.75) is 6.42 Å². The first-order valence-electron chi connectivity index (χ1n) is 4.11. The molecule has 6 heteroatoms. The molecular weight excluding hydrogens is 286 g/mol. The molecule has 3 nitrogen and oxygen atoms in total. The van der Waals surface area contributed by atoms with Crippen molar-refractivity contribution in [3.8, 4) is 5.75 Å². The van der Waals surface area contributed by atoms with E-state index in [0.29, 0.717) is 16.6 Å². The van der Waals surface area contributed by atoms with Crippen molar-refractivity contribution in [1.82, 2.24) is 0 Å². The van der Waals surface area contributed by atoms with Crippen LogP contribution in [0.25, 0.3) is 0 Å². The van der Waals surface area contributed by atoms with E-state index < -0.39 is 5.82 Å². The van der Waals surface area contributed by atoms with E-state index in [1.807, 2.05) is 0 Å². The summed E-state index contributed by atoms with van der Waals surface area (Å²) < 4.78 is 18.8. The zero-order valence-corrected chi connectivity index (χ0v) is 10.0. The van der Waals surface area contributed by atoms with Crippen LogP contribution >= 0.6 is 27.5 Å². The summed E-state index contributed by atoms with van der Waals surface area (Å²) in [4.78, 5) is 0. The van der Waals surface area contributed by atoms with Crippen molar-refractivity contribution in [2.24, 2.45) is 5.73 Å². The van der Waals surface area contributed by atoms with Crippen LogP contribution in [-0.4, -0.2) is 12.4 Å². The van der Waals surface area contributed by atoms with Crippen molar-refractivity contribution in [1.29, 1.82) is 5.41 Å². The van der Waals surface area contributed by atoms with Gasteiger partial charge in [-0.2, -0.15) is 0 Å². The lowest BCUT2D eigenvalue weighted by Gasteiger charge is -2.08. The van der Waals surface area contributed by atoms with E-state index in [-0.39, 0.29) is 17.5 Å². The van der Waals surface area contributed by atoms with E-state index in [0.717, 1.165) is 0 Å². The Balaban J connectivity index is 2.69. The molecule has 1 aromatic carbocycles. The molecule has 1 rings (SSSR count). The third-order valence-electron chi connectivity index (χ3n) is 1.60. The Morgan fingerprint density at radius 1 is 1.60 bits per heavy atom. The van der Waals surface area contributed by atoms with Gasteiger partial charge >= 0.3 is 0 Å². The highest BCUT2D eigenvalue weighted by molar-refractivity contribution is 9.10. The van der Waals surface area contributed by atoms with Gasteiger partial charge in [-0.25, -0.2) is 4.39 Å². The van der Waals surface area contributed by atoms with Crippen molar-refractivity contribution in [3.63, 3.8) is 0 Å². The largest absolute Gasteiger partial charge is 0.492 e. The van der Waals surface area contributed by atoms with Crippen molar-refractivity contribution in [3.05, 3.63) is 27.4 Å². The Morgan fingerprint density at radius 3 is 2.87 bits per heavy atom. The van der Waals surface area contributed by atoms with Gasteiger partial charge in [-0.15, -0.1) is 0 Å². The second-order valence-electron chi connectivity index (χ2n) is 2.82. The Bertz CT molecular complexity index is 387. The van der Waals surface area contributed by atoms with E-state index >= 15 is 0 Å². The molecule has 0 aliphatic carbocycles. The second kappa shape index (κ2) is 5.32. The minimum atomic E-state index is -0.544. The summed E-state index contributed by atoms with van der Waals surface area (Å²) in [5.41, 5.74) is 5.15. The molecule has 0 unspecified atom stereocenters. The number of rotatable bonds is 4. The van der Waals surface area contributed by atoms with Crippen molar-refractivity contribution >= 4 is 33.4 Å². The maximum Gasteiger partial charge on any atom is 0.145 e.